The highest BCUT2D eigenvalue weighted by Crippen LogP contribution is 2.30. The third kappa shape index (κ3) is 4.46. The van der Waals surface area contributed by atoms with Gasteiger partial charge in [0.2, 0.25) is 11.8 Å². The topological polar surface area (TPSA) is 122 Å². The van der Waals surface area contributed by atoms with Gasteiger partial charge in [0.15, 0.2) is 0 Å². The first-order valence-corrected chi connectivity index (χ1v) is 7.85. The molecule has 1 aliphatic rings. The number of amides is 2. The summed E-state index contributed by atoms with van der Waals surface area (Å²) in [5.74, 6) is -1.55. The number of nitriles is 1. The van der Waals surface area contributed by atoms with Crippen LogP contribution in [0.25, 0.3) is 0 Å². The number of carbonyl (C=O) groups excluding carboxylic acids is 2. The molecule has 0 saturated heterocycles. The smallest absolute Gasteiger partial charge is 0.224 e. The minimum atomic E-state index is -0.637. The van der Waals surface area contributed by atoms with Crippen molar-refractivity contribution in [3.63, 3.8) is 0 Å². The summed E-state index contributed by atoms with van der Waals surface area (Å²) in [4.78, 5) is 23.9. The zero-order valence-electron chi connectivity index (χ0n) is 13.0. The molecule has 122 valence electrons. The first-order chi connectivity index (χ1) is 11.0. The van der Waals surface area contributed by atoms with Crippen molar-refractivity contribution in [1.82, 2.24) is 5.32 Å². The number of hydrogen-bond donors (Lipinski definition) is 3. The van der Waals surface area contributed by atoms with E-state index in [1.165, 1.54) is 0 Å². The molecule has 0 aliphatic heterocycles. The molecule has 1 fully saturated rings. The van der Waals surface area contributed by atoms with Crippen molar-refractivity contribution in [3.05, 3.63) is 29.8 Å². The number of rotatable bonds is 5. The van der Waals surface area contributed by atoms with E-state index in [0.717, 1.165) is 18.4 Å². The number of nitrogens with one attached hydrogen (secondary N) is 1. The van der Waals surface area contributed by atoms with Crippen molar-refractivity contribution in [2.24, 2.45) is 17.6 Å². The predicted octanol–water partition coefficient (Wildman–Crippen LogP) is 1.11. The molecule has 1 saturated carbocycles. The summed E-state index contributed by atoms with van der Waals surface area (Å²) in [5.41, 5.74) is 12.6. The molecule has 0 radical (unpaired) electrons. The van der Waals surface area contributed by atoms with Crippen LogP contribution >= 0.6 is 0 Å². The minimum absolute atomic E-state index is 0.254. The number of benzene rings is 1. The lowest BCUT2D eigenvalue weighted by Gasteiger charge is -2.29. The van der Waals surface area contributed by atoms with Crippen LogP contribution in [-0.4, -0.2) is 17.9 Å². The Morgan fingerprint density at radius 1 is 1.22 bits per heavy atom. The van der Waals surface area contributed by atoms with Crippen molar-refractivity contribution in [1.29, 1.82) is 5.26 Å². The molecule has 23 heavy (non-hydrogen) atoms. The van der Waals surface area contributed by atoms with Gasteiger partial charge in [-0.25, -0.2) is 0 Å². The van der Waals surface area contributed by atoms with E-state index in [9.17, 15) is 14.9 Å². The summed E-state index contributed by atoms with van der Waals surface area (Å²) in [5, 5.41) is 12.0. The minimum Gasteiger partial charge on any atom is -0.399 e. The first kappa shape index (κ1) is 16.8. The van der Waals surface area contributed by atoms with Gasteiger partial charge in [-0.1, -0.05) is 25.0 Å². The summed E-state index contributed by atoms with van der Waals surface area (Å²) in [6, 6.07) is 8.65. The highest BCUT2D eigenvalue weighted by Gasteiger charge is 2.35. The SMILES string of the molecule is N#C[C@H](Cc1ccc(N)cc1)NC(=O)[C@@H]1CCCC[C@@H]1C(N)=O. The normalized spacial score (nSPS) is 21.9. The van der Waals surface area contributed by atoms with Gasteiger partial charge in [-0.3, -0.25) is 9.59 Å². The summed E-state index contributed by atoms with van der Waals surface area (Å²) < 4.78 is 0. The highest BCUT2D eigenvalue weighted by molar-refractivity contribution is 5.87. The third-order valence-corrected chi connectivity index (χ3v) is 4.36. The van der Waals surface area contributed by atoms with Crippen LogP contribution in [0.2, 0.25) is 0 Å². The molecular formula is C17H22N4O2. The number of primary amides is 1. The van der Waals surface area contributed by atoms with Crippen molar-refractivity contribution >= 4 is 17.5 Å². The number of nitrogens with zero attached hydrogens (tertiary/aromatic N) is 1. The molecule has 0 aromatic heterocycles. The summed E-state index contributed by atoms with van der Waals surface area (Å²) in [6.07, 6.45) is 3.49. The Bertz CT molecular complexity index is 606. The fraction of sp³-hybridized carbons (Fsp3) is 0.471. The lowest BCUT2D eigenvalue weighted by Crippen LogP contribution is -2.45. The number of hydrogen-bond acceptors (Lipinski definition) is 4. The van der Waals surface area contributed by atoms with Gasteiger partial charge < -0.3 is 16.8 Å². The van der Waals surface area contributed by atoms with E-state index in [2.05, 4.69) is 11.4 Å². The molecule has 0 bridgehead atoms. The molecule has 5 N–H and O–H groups in total. The van der Waals surface area contributed by atoms with E-state index in [4.69, 9.17) is 11.5 Å². The maximum absolute atomic E-state index is 12.4. The van der Waals surface area contributed by atoms with Crippen molar-refractivity contribution in [2.45, 2.75) is 38.1 Å². The molecule has 6 nitrogen and oxygen atoms in total. The van der Waals surface area contributed by atoms with E-state index < -0.39 is 23.8 Å². The summed E-state index contributed by atoms with van der Waals surface area (Å²) >= 11 is 0. The molecule has 1 aromatic carbocycles. The quantitative estimate of drug-likeness (QED) is 0.705. The van der Waals surface area contributed by atoms with Crippen molar-refractivity contribution in [2.75, 3.05) is 5.73 Å². The van der Waals surface area contributed by atoms with Crippen LogP contribution in [0.4, 0.5) is 5.69 Å². The standard InChI is InChI=1S/C17H22N4O2/c18-10-13(9-11-5-7-12(19)8-6-11)21-17(23)15-4-2-1-3-14(15)16(20)22/h5-8,13-15H,1-4,9,19H2,(H2,20,22)(H,21,23)/t13-,14-,15+/m0/s1. The Labute approximate surface area is 135 Å². The molecular weight excluding hydrogens is 292 g/mol. The molecule has 3 atom stereocenters. The Hall–Kier alpha value is -2.55. The molecule has 1 aliphatic carbocycles. The highest BCUT2D eigenvalue weighted by atomic mass is 16.2. The Kier molecular flexibility index (Phi) is 5.58. The van der Waals surface area contributed by atoms with Crippen LogP contribution < -0.4 is 16.8 Å². The summed E-state index contributed by atoms with van der Waals surface area (Å²) in [6.45, 7) is 0. The monoisotopic (exact) mass is 314 g/mol. The molecule has 0 spiro atoms. The van der Waals surface area contributed by atoms with Gasteiger partial charge >= 0.3 is 0 Å². The van der Waals surface area contributed by atoms with Gasteiger partial charge in [0.05, 0.1) is 6.07 Å². The molecule has 2 amide bonds. The number of anilines is 1. The van der Waals surface area contributed by atoms with Gasteiger partial charge in [0, 0.05) is 23.9 Å². The molecule has 2 rings (SSSR count). The second-order valence-corrected chi connectivity index (χ2v) is 6.04. The first-order valence-electron chi connectivity index (χ1n) is 7.85. The van der Waals surface area contributed by atoms with Crippen LogP contribution in [-0.2, 0) is 16.0 Å². The second-order valence-electron chi connectivity index (χ2n) is 6.04. The van der Waals surface area contributed by atoms with E-state index in [1.807, 2.05) is 12.1 Å². The summed E-state index contributed by atoms with van der Waals surface area (Å²) in [7, 11) is 0. The zero-order valence-corrected chi connectivity index (χ0v) is 13.0. The van der Waals surface area contributed by atoms with E-state index >= 15 is 0 Å². The van der Waals surface area contributed by atoms with Crippen LogP contribution in [0.5, 0.6) is 0 Å². The zero-order chi connectivity index (χ0) is 16.8. The fourth-order valence-electron chi connectivity index (χ4n) is 3.08. The Balaban J connectivity index is 2.00. The van der Waals surface area contributed by atoms with Gasteiger partial charge in [0.25, 0.3) is 0 Å². The molecule has 1 aromatic rings. The average Bonchev–Trinajstić information content (AvgIpc) is 2.56. The maximum Gasteiger partial charge on any atom is 0.224 e. The van der Waals surface area contributed by atoms with E-state index in [-0.39, 0.29) is 5.91 Å². The average molecular weight is 314 g/mol. The van der Waals surface area contributed by atoms with Crippen molar-refractivity contribution < 1.29 is 9.59 Å². The molecule has 0 unspecified atom stereocenters. The number of carbonyl (C=O) groups is 2. The van der Waals surface area contributed by atoms with Crippen LogP contribution in [0.3, 0.4) is 0 Å². The van der Waals surface area contributed by atoms with Gasteiger partial charge in [0.1, 0.15) is 6.04 Å². The number of nitrogen functional groups attached to an aromatic ring is 1. The largest absolute Gasteiger partial charge is 0.399 e. The Morgan fingerprint density at radius 2 is 1.83 bits per heavy atom. The number of nitrogens with two attached hydrogens (primary N) is 2. The lowest BCUT2D eigenvalue weighted by molar-refractivity contribution is -0.135. The fourth-order valence-corrected chi connectivity index (χ4v) is 3.08. The maximum atomic E-state index is 12.4. The van der Waals surface area contributed by atoms with Gasteiger partial charge in [-0.05, 0) is 30.5 Å². The molecule has 6 heteroatoms. The van der Waals surface area contributed by atoms with Crippen LogP contribution in [0.1, 0.15) is 31.2 Å². The Morgan fingerprint density at radius 3 is 2.39 bits per heavy atom. The predicted molar refractivity (Wildman–Crippen MR) is 86.7 cm³/mol. The van der Waals surface area contributed by atoms with E-state index in [1.54, 1.807) is 12.1 Å². The van der Waals surface area contributed by atoms with Gasteiger partial charge in [-0.15, -0.1) is 0 Å². The van der Waals surface area contributed by atoms with Gasteiger partial charge in [-0.2, -0.15) is 5.26 Å². The lowest BCUT2D eigenvalue weighted by atomic mass is 9.78. The van der Waals surface area contributed by atoms with Crippen LogP contribution in [0.15, 0.2) is 24.3 Å². The molecule has 0 heterocycles. The van der Waals surface area contributed by atoms with Crippen LogP contribution in [0, 0.1) is 23.2 Å². The van der Waals surface area contributed by atoms with E-state index in [0.29, 0.717) is 24.9 Å². The third-order valence-electron chi connectivity index (χ3n) is 4.36. The second kappa shape index (κ2) is 7.63. The van der Waals surface area contributed by atoms with Crippen molar-refractivity contribution in [3.8, 4) is 6.07 Å².